The number of carbonyl (C=O) groups is 1. The predicted octanol–water partition coefficient (Wildman–Crippen LogP) is 2.46. The largest absolute Gasteiger partial charge is 0.453 e. The van der Waals surface area contributed by atoms with E-state index in [-0.39, 0.29) is 12.3 Å². The van der Waals surface area contributed by atoms with Crippen molar-refractivity contribution in [3.05, 3.63) is 36.1 Å². The third-order valence-electron chi connectivity index (χ3n) is 2.72. The van der Waals surface area contributed by atoms with Crippen LogP contribution in [0.2, 0.25) is 0 Å². The molecule has 2 aromatic rings. The van der Waals surface area contributed by atoms with Crippen LogP contribution in [0.3, 0.4) is 0 Å². The van der Waals surface area contributed by atoms with Gasteiger partial charge in [-0.2, -0.15) is 5.26 Å². The summed E-state index contributed by atoms with van der Waals surface area (Å²) in [6, 6.07) is 11.3. The van der Waals surface area contributed by atoms with E-state index in [0.717, 1.165) is 11.0 Å². The van der Waals surface area contributed by atoms with Crippen LogP contribution in [0.1, 0.15) is 17.0 Å². The van der Waals surface area contributed by atoms with Gasteiger partial charge in [0.05, 0.1) is 12.6 Å². The van der Waals surface area contributed by atoms with E-state index in [1.165, 1.54) is 0 Å². The van der Waals surface area contributed by atoms with Gasteiger partial charge in [-0.05, 0) is 19.2 Å². The lowest BCUT2D eigenvalue weighted by Gasteiger charge is -2.12. The molecule has 1 heterocycles. The highest BCUT2D eigenvalue weighted by molar-refractivity contribution is 5.98. The molecule has 0 spiro atoms. The van der Waals surface area contributed by atoms with Crippen molar-refractivity contribution in [3.63, 3.8) is 0 Å². The zero-order chi connectivity index (χ0) is 13.0. The molecule has 1 aromatic heterocycles. The number of likely N-dealkylation sites (N-methyl/N-ethyl adjacent to an activating group) is 1. The number of fused-ring (bicyclic) bond motifs is 1. The standard InChI is InChI=1S/C14H14N2O2/c1-16(8-4-7-15)10-12(17)14-9-11-5-2-3-6-13(11)18-14/h2-3,5-6,9H,4,8,10H2,1H3. The van der Waals surface area contributed by atoms with Crippen LogP contribution in [-0.2, 0) is 0 Å². The van der Waals surface area contributed by atoms with Crippen LogP contribution in [0, 0.1) is 11.3 Å². The third kappa shape index (κ3) is 2.76. The first-order valence-electron chi connectivity index (χ1n) is 5.78. The lowest BCUT2D eigenvalue weighted by atomic mass is 10.2. The molecule has 0 saturated heterocycles. The molecule has 4 nitrogen and oxygen atoms in total. The van der Waals surface area contributed by atoms with Crippen LogP contribution in [0.4, 0.5) is 0 Å². The van der Waals surface area contributed by atoms with E-state index in [4.69, 9.17) is 9.68 Å². The first kappa shape index (κ1) is 12.3. The highest BCUT2D eigenvalue weighted by atomic mass is 16.3. The molecule has 0 bridgehead atoms. The van der Waals surface area contributed by atoms with Gasteiger partial charge in [0.15, 0.2) is 5.76 Å². The number of nitriles is 1. The lowest BCUT2D eigenvalue weighted by Crippen LogP contribution is -2.26. The van der Waals surface area contributed by atoms with Gasteiger partial charge in [0, 0.05) is 18.4 Å². The second kappa shape index (κ2) is 5.48. The normalized spacial score (nSPS) is 10.7. The van der Waals surface area contributed by atoms with Gasteiger partial charge < -0.3 is 4.42 Å². The van der Waals surface area contributed by atoms with Gasteiger partial charge in [-0.3, -0.25) is 9.69 Å². The maximum atomic E-state index is 12.0. The Morgan fingerprint density at radius 1 is 1.44 bits per heavy atom. The molecule has 1 aromatic carbocycles. The molecule has 18 heavy (non-hydrogen) atoms. The fourth-order valence-corrected chi connectivity index (χ4v) is 1.76. The summed E-state index contributed by atoms with van der Waals surface area (Å²) in [6.45, 7) is 0.851. The Bertz CT molecular complexity index is 562. The average Bonchev–Trinajstić information content (AvgIpc) is 2.80. The van der Waals surface area contributed by atoms with Gasteiger partial charge in [0.25, 0.3) is 0 Å². The van der Waals surface area contributed by atoms with Crippen molar-refractivity contribution in [1.82, 2.24) is 4.90 Å². The minimum Gasteiger partial charge on any atom is -0.453 e. The molecule has 0 fully saturated rings. The highest BCUT2D eigenvalue weighted by Gasteiger charge is 2.13. The van der Waals surface area contributed by atoms with Gasteiger partial charge in [-0.15, -0.1) is 0 Å². The second-order valence-electron chi connectivity index (χ2n) is 4.22. The van der Waals surface area contributed by atoms with Crippen molar-refractivity contribution >= 4 is 16.8 Å². The Balaban J connectivity index is 2.07. The van der Waals surface area contributed by atoms with E-state index in [9.17, 15) is 4.79 Å². The number of hydrogen-bond acceptors (Lipinski definition) is 4. The van der Waals surface area contributed by atoms with Gasteiger partial charge in [-0.25, -0.2) is 0 Å². The fraction of sp³-hybridized carbons (Fsp3) is 0.286. The molecule has 0 saturated carbocycles. The first-order chi connectivity index (χ1) is 8.70. The SMILES string of the molecule is CN(CCC#N)CC(=O)c1cc2ccccc2o1. The number of furan rings is 1. The van der Waals surface area contributed by atoms with Crippen molar-refractivity contribution in [1.29, 1.82) is 5.26 Å². The van der Waals surface area contributed by atoms with E-state index in [1.54, 1.807) is 6.07 Å². The fourth-order valence-electron chi connectivity index (χ4n) is 1.76. The molecule has 0 aliphatic rings. The Labute approximate surface area is 105 Å². The van der Waals surface area contributed by atoms with Crippen LogP contribution >= 0.6 is 0 Å². The number of Topliss-reactive ketones (excluding diaryl/α,β-unsaturated/α-hetero) is 1. The average molecular weight is 242 g/mol. The Hall–Kier alpha value is -2.12. The Morgan fingerprint density at radius 3 is 2.94 bits per heavy atom. The van der Waals surface area contributed by atoms with Crippen LogP contribution < -0.4 is 0 Å². The minimum absolute atomic E-state index is 0.0633. The van der Waals surface area contributed by atoms with Crippen LogP contribution in [0.5, 0.6) is 0 Å². The molecule has 0 unspecified atom stereocenters. The maximum absolute atomic E-state index is 12.0. The van der Waals surface area contributed by atoms with Crippen LogP contribution in [-0.4, -0.2) is 30.8 Å². The summed E-state index contributed by atoms with van der Waals surface area (Å²) in [5.41, 5.74) is 0.723. The molecule has 2 rings (SSSR count). The van der Waals surface area contributed by atoms with Crippen molar-refractivity contribution < 1.29 is 9.21 Å². The van der Waals surface area contributed by atoms with E-state index in [2.05, 4.69) is 6.07 Å². The molecule has 0 radical (unpaired) electrons. The van der Waals surface area contributed by atoms with E-state index in [1.807, 2.05) is 36.2 Å². The number of hydrogen-bond donors (Lipinski definition) is 0. The van der Waals surface area contributed by atoms with E-state index in [0.29, 0.717) is 18.7 Å². The molecule has 0 N–H and O–H groups in total. The molecule has 0 amide bonds. The zero-order valence-corrected chi connectivity index (χ0v) is 10.2. The molecule has 92 valence electrons. The molecule has 0 aliphatic carbocycles. The topological polar surface area (TPSA) is 57.2 Å². The number of benzene rings is 1. The van der Waals surface area contributed by atoms with E-state index < -0.39 is 0 Å². The van der Waals surface area contributed by atoms with Gasteiger partial charge >= 0.3 is 0 Å². The maximum Gasteiger partial charge on any atom is 0.211 e. The summed E-state index contributed by atoms with van der Waals surface area (Å²) in [6.07, 6.45) is 0.421. The van der Waals surface area contributed by atoms with Gasteiger partial charge in [0.1, 0.15) is 5.58 Å². The Morgan fingerprint density at radius 2 is 2.22 bits per heavy atom. The summed E-state index contributed by atoms with van der Waals surface area (Å²) < 4.78 is 5.49. The number of nitrogens with zero attached hydrogens (tertiary/aromatic N) is 2. The second-order valence-corrected chi connectivity index (χ2v) is 4.22. The smallest absolute Gasteiger partial charge is 0.211 e. The first-order valence-corrected chi connectivity index (χ1v) is 5.78. The monoisotopic (exact) mass is 242 g/mol. The minimum atomic E-state index is -0.0633. The molecular weight excluding hydrogens is 228 g/mol. The van der Waals surface area contributed by atoms with Crippen LogP contribution in [0.15, 0.2) is 34.7 Å². The quantitative estimate of drug-likeness (QED) is 0.756. The predicted molar refractivity (Wildman–Crippen MR) is 68.3 cm³/mol. The number of para-hydroxylation sites is 1. The summed E-state index contributed by atoms with van der Waals surface area (Å²) in [5, 5.41) is 9.41. The zero-order valence-electron chi connectivity index (χ0n) is 10.2. The van der Waals surface area contributed by atoms with Crippen LogP contribution in [0.25, 0.3) is 11.0 Å². The summed E-state index contributed by atoms with van der Waals surface area (Å²) >= 11 is 0. The molecule has 0 atom stereocenters. The summed E-state index contributed by atoms with van der Waals surface area (Å²) in [7, 11) is 1.82. The number of ketones is 1. The lowest BCUT2D eigenvalue weighted by molar-refractivity contribution is 0.0922. The van der Waals surface area contributed by atoms with Gasteiger partial charge in [-0.1, -0.05) is 18.2 Å². The molecule has 0 aliphatic heterocycles. The summed E-state index contributed by atoms with van der Waals surface area (Å²) in [4.78, 5) is 13.8. The van der Waals surface area contributed by atoms with Gasteiger partial charge in [0.2, 0.25) is 5.78 Å². The summed E-state index contributed by atoms with van der Waals surface area (Å²) in [5.74, 6) is 0.312. The number of carbonyl (C=O) groups excluding carboxylic acids is 1. The molecular formula is C14H14N2O2. The van der Waals surface area contributed by atoms with E-state index >= 15 is 0 Å². The molecule has 4 heteroatoms. The van der Waals surface area contributed by atoms with Crippen molar-refractivity contribution in [2.45, 2.75) is 6.42 Å². The Kier molecular flexibility index (Phi) is 3.75. The third-order valence-corrected chi connectivity index (χ3v) is 2.72. The van der Waals surface area contributed by atoms with Crippen molar-refractivity contribution in [3.8, 4) is 6.07 Å². The highest BCUT2D eigenvalue weighted by Crippen LogP contribution is 2.19. The van der Waals surface area contributed by atoms with Crippen molar-refractivity contribution in [2.75, 3.05) is 20.1 Å². The van der Waals surface area contributed by atoms with Crippen molar-refractivity contribution in [2.24, 2.45) is 0 Å². The number of rotatable bonds is 5.